The minimum absolute atomic E-state index is 0.198. The van der Waals surface area contributed by atoms with Crippen LogP contribution < -0.4 is 0 Å². The lowest BCUT2D eigenvalue weighted by Gasteiger charge is -2.15. The molecule has 32 rings (SSSR count). The molecule has 0 atom stereocenters. The van der Waals surface area contributed by atoms with E-state index in [1.165, 1.54) is 263 Å². The summed E-state index contributed by atoms with van der Waals surface area (Å²) in [5.41, 5.74) is 36.8. The lowest BCUT2D eigenvalue weighted by molar-refractivity contribution is 1.02. The summed E-state index contributed by atoms with van der Waals surface area (Å²) >= 11 is 0. The van der Waals surface area contributed by atoms with Crippen LogP contribution in [0.4, 0.5) is 0 Å². The van der Waals surface area contributed by atoms with E-state index in [9.17, 15) is 0 Å². The van der Waals surface area contributed by atoms with Gasteiger partial charge >= 0.3 is 0 Å². The molecule has 24 aromatic carbocycles. The fraction of sp³-hybridized carbons (Fsp3) is 0.00719. The number of para-hydroxylation sites is 11. The van der Waals surface area contributed by atoms with Crippen LogP contribution in [-0.2, 0) is 0 Å². The summed E-state index contributed by atoms with van der Waals surface area (Å²) in [4.78, 5) is 0. The molecule has 146 heavy (non-hydrogen) atoms. The van der Waals surface area contributed by atoms with Crippen LogP contribution in [0.25, 0.3) is 258 Å². The van der Waals surface area contributed by atoms with Crippen LogP contribution in [0, 0.1) is 0 Å². The first-order valence-electron chi connectivity index (χ1n) is 50.5. The van der Waals surface area contributed by atoms with E-state index in [2.05, 4.69) is 566 Å². The van der Waals surface area contributed by atoms with E-state index >= 15 is 0 Å². The second-order valence-corrected chi connectivity index (χ2v) is 38.8. The van der Waals surface area contributed by atoms with Gasteiger partial charge in [0.2, 0.25) is 0 Å². The number of nitrogens with zero attached hydrogens (tertiary/aromatic N) is 7. The molecule has 0 fully saturated rings. The smallest absolute Gasteiger partial charge is 0.0788 e. The van der Waals surface area contributed by atoms with Crippen molar-refractivity contribution in [2.75, 3.05) is 0 Å². The van der Waals surface area contributed by atoms with Crippen molar-refractivity contribution < 1.29 is 0 Å². The fourth-order valence-corrected chi connectivity index (χ4v) is 24.8. The number of benzene rings is 24. The molecule has 7 aromatic heterocycles. The maximum atomic E-state index is 2.49. The van der Waals surface area contributed by atoms with Crippen molar-refractivity contribution in [2.24, 2.45) is 0 Å². The molecule has 680 valence electrons. The van der Waals surface area contributed by atoms with Crippen molar-refractivity contribution in [3.63, 3.8) is 0 Å². The van der Waals surface area contributed by atoms with Gasteiger partial charge in [-0.05, 0) is 258 Å². The predicted octanol–water partition coefficient (Wildman–Crippen LogP) is 36.7. The van der Waals surface area contributed by atoms with Crippen molar-refractivity contribution in [2.45, 2.75) is 5.92 Å². The van der Waals surface area contributed by atoms with Crippen molar-refractivity contribution in [3.8, 4) is 73.2 Å². The maximum absolute atomic E-state index is 2.49. The van der Waals surface area contributed by atoms with Crippen LogP contribution in [-0.4, -0.2) is 32.0 Å². The number of aromatic nitrogens is 7. The van der Waals surface area contributed by atoms with Crippen LogP contribution >= 0.6 is 0 Å². The first-order valence-corrected chi connectivity index (χ1v) is 50.5. The molecule has 0 spiro atoms. The topological polar surface area (TPSA) is 34.5 Å². The number of hydrogen-bond acceptors (Lipinski definition) is 0. The summed E-state index contributed by atoms with van der Waals surface area (Å²) in [6.45, 7) is 0. The summed E-state index contributed by atoms with van der Waals surface area (Å²) in [5, 5.41) is 25.4. The van der Waals surface area contributed by atoms with Crippen LogP contribution in [0.2, 0.25) is 0 Å². The molecule has 31 aromatic rings. The van der Waals surface area contributed by atoms with Crippen LogP contribution in [0.15, 0.2) is 534 Å². The first-order chi connectivity index (χ1) is 72.5. The Balaban J connectivity index is 0.000000102. The molecular formula is C139H89N7. The quantitative estimate of drug-likeness (QED) is 0.122. The number of fused-ring (bicyclic) bond motifs is 31. The molecule has 7 heterocycles. The highest BCUT2D eigenvalue weighted by molar-refractivity contribution is 6.28. The van der Waals surface area contributed by atoms with Gasteiger partial charge in [0.05, 0.1) is 77.2 Å². The summed E-state index contributed by atoms with van der Waals surface area (Å²) in [5.74, 6) is 0.198. The van der Waals surface area contributed by atoms with E-state index in [1.807, 2.05) is 0 Å². The summed E-state index contributed by atoms with van der Waals surface area (Å²) < 4.78 is 17.0. The van der Waals surface area contributed by atoms with E-state index in [4.69, 9.17) is 0 Å². The van der Waals surface area contributed by atoms with E-state index in [0.717, 1.165) is 11.4 Å². The van der Waals surface area contributed by atoms with Gasteiger partial charge in [-0.1, -0.05) is 358 Å². The zero-order valence-electron chi connectivity index (χ0n) is 79.5. The lowest BCUT2D eigenvalue weighted by atomic mass is 9.89. The van der Waals surface area contributed by atoms with Crippen molar-refractivity contribution in [3.05, 3.63) is 551 Å². The van der Waals surface area contributed by atoms with Gasteiger partial charge in [-0.3, -0.25) is 0 Å². The van der Waals surface area contributed by atoms with E-state index in [1.54, 1.807) is 0 Å². The van der Waals surface area contributed by atoms with Crippen molar-refractivity contribution in [1.29, 1.82) is 0 Å². The van der Waals surface area contributed by atoms with E-state index in [0.29, 0.717) is 0 Å². The molecule has 1 aliphatic rings. The Morgan fingerprint density at radius 3 is 0.719 bits per heavy atom. The van der Waals surface area contributed by atoms with E-state index in [-0.39, 0.29) is 5.92 Å². The minimum atomic E-state index is 0.198. The fourth-order valence-electron chi connectivity index (χ4n) is 24.8. The summed E-state index contributed by atoms with van der Waals surface area (Å²) in [6, 6.07) is 195. The van der Waals surface area contributed by atoms with Gasteiger partial charge in [-0.15, -0.1) is 0 Å². The van der Waals surface area contributed by atoms with Crippen LogP contribution in [0.1, 0.15) is 22.6 Å². The Morgan fingerprint density at radius 1 is 0.116 bits per heavy atom. The first kappa shape index (κ1) is 82.5. The molecule has 0 amide bonds. The Bertz CT molecular complexity index is 10700. The second-order valence-electron chi connectivity index (χ2n) is 38.8. The molecule has 0 aliphatic heterocycles. The molecule has 0 radical (unpaired) electrons. The van der Waals surface area contributed by atoms with Crippen LogP contribution in [0.5, 0.6) is 0 Å². The normalized spacial score (nSPS) is 12.2. The highest BCUT2D eigenvalue weighted by Crippen LogP contribution is 2.52. The largest absolute Gasteiger partial charge is 0.309 e. The predicted molar refractivity (Wildman–Crippen MR) is 616 cm³/mol. The van der Waals surface area contributed by atoms with Gasteiger partial charge in [0.25, 0.3) is 0 Å². The summed E-state index contributed by atoms with van der Waals surface area (Å²) in [6.07, 6.45) is 0. The van der Waals surface area contributed by atoms with Gasteiger partial charge < -0.3 is 32.0 Å². The zero-order chi connectivity index (χ0) is 95.7. The second kappa shape index (κ2) is 33.2. The van der Waals surface area contributed by atoms with Crippen LogP contribution in [0.3, 0.4) is 0 Å². The SMILES string of the molecule is c1ccc(-n2c3ccccc3c3cc(-c4ccc5c(c4)c4ccc(C6c7ccccc7-c7ccccc76)cc4n5-c4ccccc4)ccc32)cc1.c1ccc(-n2c3ccccc3c3cc(-c4ccc5c(c4)c4ccccc4n5-c4ccc5c6ccccc6n(-c6ccccc6)c5c4)ccc32)cc1.c1ccc(-n2c3ccccc3c3ccc4c5ccccc5n(-c5ccc6c7ccccc7c7ccccc7c6c5)c4c32)cc1. The average Bonchev–Trinajstić information content (AvgIpc) is 1.51. The number of rotatable bonds is 10. The van der Waals surface area contributed by atoms with Crippen molar-refractivity contribution >= 4 is 185 Å². The molecule has 7 heteroatoms. The molecular weight excluding hydrogens is 1770 g/mol. The van der Waals surface area contributed by atoms with Gasteiger partial charge in [-0.2, -0.15) is 0 Å². The zero-order valence-corrected chi connectivity index (χ0v) is 79.5. The van der Waals surface area contributed by atoms with Gasteiger partial charge in [0, 0.05) is 121 Å². The van der Waals surface area contributed by atoms with Crippen molar-refractivity contribution in [1.82, 2.24) is 32.0 Å². The Kier molecular flexibility index (Phi) is 18.7. The summed E-state index contributed by atoms with van der Waals surface area (Å²) in [7, 11) is 0. The third-order valence-electron chi connectivity index (χ3n) is 31.1. The molecule has 7 nitrogen and oxygen atoms in total. The molecule has 0 bridgehead atoms. The molecule has 1 aliphatic carbocycles. The lowest BCUT2D eigenvalue weighted by Crippen LogP contribution is -2.00. The third-order valence-corrected chi connectivity index (χ3v) is 31.1. The molecule has 0 N–H and O–H groups in total. The molecule has 0 saturated heterocycles. The number of hydrogen-bond donors (Lipinski definition) is 0. The molecule has 0 saturated carbocycles. The van der Waals surface area contributed by atoms with Gasteiger partial charge in [0.1, 0.15) is 0 Å². The van der Waals surface area contributed by atoms with Gasteiger partial charge in [-0.25, -0.2) is 0 Å². The Hall–Kier alpha value is -19.3. The third kappa shape index (κ3) is 12.8. The average molecular weight is 1860 g/mol. The Morgan fingerprint density at radius 2 is 0.342 bits per heavy atom. The van der Waals surface area contributed by atoms with E-state index < -0.39 is 0 Å². The van der Waals surface area contributed by atoms with Gasteiger partial charge in [0.15, 0.2) is 0 Å². The minimum Gasteiger partial charge on any atom is -0.309 e. The Labute approximate surface area is 840 Å². The highest BCUT2D eigenvalue weighted by Gasteiger charge is 2.32. The maximum Gasteiger partial charge on any atom is 0.0788 e. The molecule has 0 unspecified atom stereocenters. The standard InChI is InChI=1S/C49H32N2.C48H31N3.C42H26N2/c1-3-13-35(14-4-1)50-45-22-12-11-19-39(45)43-29-32(24-27-46(43)50)33-25-28-47-44(30-33)40-26-23-34(31-48(40)51(47)36-15-5-2-6-16-36)49-41-20-9-7-17-37(41)38-18-8-10-21-42(38)49;1-3-13-34(14-4-1)49-44-21-11-8-18-38(44)41-29-32(23-27-46(41)49)33-24-28-47-42(30-33)39-19-9-12-22-45(39)51(47)36-25-26-40-37-17-7-10-20-43(37)50(48(40)31-36)35-15-5-2-6-16-35;1-2-12-27(13-3-1)43-39-20-10-8-18-34(39)36-24-25-37-35-19-9-11-21-40(35)44(42(37)41(36)43)28-22-23-33-31-16-5-4-14-29(31)30-15-6-7-17-32(30)38(33)26-28/h1-31,49H;1-31H;1-26H. The monoisotopic (exact) mass is 1860 g/mol. The highest BCUT2D eigenvalue weighted by atomic mass is 15.1.